The molecule has 0 bridgehead atoms. The molecular weight excluding hydrogens is 336 g/mol. The van der Waals surface area contributed by atoms with Gasteiger partial charge in [0, 0.05) is 30.7 Å². The molecule has 1 heterocycles. The van der Waals surface area contributed by atoms with Crippen LogP contribution in [0.1, 0.15) is 51.3 Å². The lowest BCUT2D eigenvalue weighted by atomic mass is 10.2. The quantitative estimate of drug-likeness (QED) is 0.577. The van der Waals surface area contributed by atoms with Crippen LogP contribution >= 0.6 is 11.8 Å². The van der Waals surface area contributed by atoms with Crippen LogP contribution in [0, 0.1) is 0 Å². The van der Waals surface area contributed by atoms with Gasteiger partial charge in [-0.1, -0.05) is 17.8 Å². The number of rotatable bonds is 8. The number of ketones is 1. The van der Waals surface area contributed by atoms with Crippen molar-refractivity contribution in [2.75, 3.05) is 11.1 Å². The Morgan fingerprint density at radius 3 is 2.76 bits per heavy atom. The third kappa shape index (κ3) is 4.69. The SMILES string of the molecule is CC(=O)CCCSc1nnc(C2CC2)n1-c1cccc(NC(C)=O)c1. The van der Waals surface area contributed by atoms with Gasteiger partial charge in [0.25, 0.3) is 0 Å². The second kappa shape index (κ2) is 7.82. The summed E-state index contributed by atoms with van der Waals surface area (Å²) in [5.74, 6) is 2.39. The van der Waals surface area contributed by atoms with Crippen molar-refractivity contribution in [1.29, 1.82) is 0 Å². The highest BCUT2D eigenvalue weighted by Gasteiger charge is 2.31. The summed E-state index contributed by atoms with van der Waals surface area (Å²) in [6.07, 6.45) is 3.70. The Kier molecular flexibility index (Phi) is 5.53. The van der Waals surface area contributed by atoms with Gasteiger partial charge in [-0.15, -0.1) is 10.2 Å². The summed E-state index contributed by atoms with van der Waals surface area (Å²) in [6.45, 7) is 3.11. The minimum atomic E-state index is -0.0952. The van der Waals surface area contributed by atoms with Gasteiger partial charge >= 0.3 is 0 Å². The van der Waals surface area contributed by atoms with Crippen molar-refractivity contribution in [3.63, 3.8) is 0 Å². The third-order valence-electron chi connectivity index (χ3n) is 3.93. The zero-order valence-electron chi connectivity index (χ0n) is 14.5. The number of hydrogen-bond donors (Lipinski definition) is 1. The summed E-state index contributed by atoms with van der Waals surface area (Å²) in [5.41, 5.74) is 1.71. The molecule has 1 amide bonds. The Morgan fingerprint density at radius 1 is 1.28 bits per heavy atom. The van der Waals surface area contributed by atoms with E-state index in [0.29, 0.717) is 12.3 Å². The van der Waals surface area contributed by atoms with Gasteiger partial charge in [-0.25, -0.2) is 0 Å². The van der Waals surface area contributed by atoms with Gasteiger partial charge in [0.1, 0.15) is 11.6 Å². The minimum absolute atomic E-state index is 0.0952. The number of benzene rings is 1. The highest BCUT2D eigenvalue weighted by molar-refractivity contribution is 7.99. The topological polar surface area (TPSA) is 76.9 Å². The fourth-order valence-electron chi connectivity index (χ4n) is 2.63. The van der Waals surface area contributed by atoms with E-state index in [0.717, 1.165) is 47.4 Å². The Labute approximate surface area is 151 Å². The van der Waals surface area contributed by atoms with Crippen LogP contribution in [-0.4, -0.2) is 32.2 Å². The molecule has 1 aromatic carbocycles. The molecule has 1 aliphatic rings. The van der Waals surface area contributed by atoms with Gasteiger partial charge in [-0.2, -0.15) is 0 Å². The second-order valence-electron chi connectivity index (χ2n) is 6.34. The molecule has 1 fully saturated rings. The monoisotopic (exact) mass is 358 g/mol. The van der Waals surface area contributed by atoms with Crippen LogP contribution in [0.5, 0.6) is 0 Å². The molecule has 1 saturated carbocycles. The lowest BCUT2D eigenvalue weighted by Crippen LogP contribution is -2.07. The number of nitrogens with one attached hydrogen (secondary N) is 1. The molecule has 0 aliphatic heterocycles. The van der Waals surface area contributed by atoms with Crippen LogP contribution in [0.4, 0.5) is 5.69 Å². The number of nitrogens with zero attached hydrogens (tertiary/aromatic N) is 3. The molecule has 1 aromatic heterocycles. The Hall–Kier alpha value is -2.15. The number of carbonyl (C=O) groups excluding carboxylic acids is 2. The van der Waals surface area contributed by atoms with E-state index in [4.69, 9.17) is 0 Å². The van der Waals surface area contributed by atoms with Crippen LogP contribution < -0.4 is 5.32 Å². The fraction of sp³-hybridized carbons (Fsp3) is 0.444. The molecule has 1 aliphatic carbocycles. The van der Waals surface area contributed by atoms with Gasteiger partial charge < -0.3 is 10.1 Å². The Balaban J connectivity index is 1.84. The molecule has 0 spiro atoms. The average Bonchev–Trinajstić information content (AvgIpc) is 3.31. The smallest absolute Gasteiger partial charge is 0.221 e. The number of anilines is 1. The van der Waals surface area contributed by atoms with Crippen LogP contribution in [0.25, 0.3) is 5.69 Å². The molecule has 0 unspecified atom stereocenters. The van der Waals surface area contributed by atoms with Gasteiger partial charge in [0.2, 0.25) is 5.91 Å². The van der Waals surface area contributed by atoms with Crippen LogP contribution in [0.15, 0.2) is 29.4 Å². The minimum Gasteiger partial charge on any atom is -0.326 e. The van der Waals surface area contributed by atoms with E-state index in [1.807, 2.05) is 24.3 Å². The Bertz CT molecular complexity index is 783. The number of Topliss-reactive ketones (excluding diaryl/α,β-unsaturated/α-hetero) is 1. The maximum absolute atomic E-state index is 11.3. The summed E-state index contributed by atoms with van der Waals surface area (Å²) in [6, 6.07) is 7.73. The summed E-state index contributed by atoms with van der Waals surface area (Å²) >= 11 is 1.62. The first kappa shape index (κ1) is 17.7. The molecule has 0 atom stereocenters. The molecule has 7 heteroatoms. The van der Waals surface area contributed by atoms with E-state index in [2.05, 4.69) is 20.1 Å². The average molecular weight is 358 g/mol. The Morgan fingerprint density at radius 2 is 2.08 bits per heavy atom. The lowest BCUT2D eigenvalue weighted by Gasteiger charge is -2.11. The van der Waals surface area contributed by atoms with Crippen molar-refractivity contribution in [2.24, 2.45) is 0 Å². The first-order valence-corrected chi connectivity index (χ1v) is 9.48. The molecule has 0 radical (unpaired) electrons. The highest BCUT2D eigenvalue weighted by atomic mass is 32.2. The van der Waals surface area contributed by atoms with Crippen molar-refractivity contribution < 1.29 is 9.59 Å². The molecule has 0 saturated heterocycles. The molecular formula is C18H22N4O2S. The fourth-order valence-corrected chi connectivity index (χ4v) is 3.53. The van der Waals surface area contributed by atoms with Crippen LogP contribution in [0.3, 0.4) is 0 Å². The van der Waals surface area contributed by atoms with E-state index in [1.54, 1.807) is 18.7 Å². The summed E-state index contributed by atoms with van der Waals surface area (Å²) in [5, 5.41) is 12.4. The largest absolute Gasteiger partial charge is 0.326 e. The van der Waals surface area contributed by atoms with Gasteiger partial charge in [0.15, 0.2) is 5.16 Å². The van der Waals surface area contributed by atoms with E-state index in [-0.39, 0.29) is 11.7 Å². The third-order valence-corrected chi connectivity index (χ3v) is 4.95. The zero-order valence-corrected chi connectivity index (χ0v) is 15.3. The van der Waals surface area contributed by atoms with Crippen LogP contribution in [-0.2, 0) is 9.59 Å². The molecule has 3 rings (SSSR count). The lowest BCUT2D eigenvalue weighted by molar-refractivity contribution is -0.117. The predicted molar refractivity (Wildman–Crippen MR) is 98.3 cm³/mol. The number of amides is 1. The first-order chi connectivity index (χ1) is 12.0. The van der Waals surface area contributed by atoms with Gasteiger partial charge in [0.05, 0.1) is 5.69 Å². The predicted octanol–water partition coefficient (Wildman–Crippen LogP) is 3.56. The van der Waals surface area contributed by atoms with Crippen molar-refractivity contribution >= 4 is 29.1 Å². The standard InChI is InChI=1S/C18H22N4O2S/c1-12(23)5-4-10-25-18-21-20-17(14-8-9-14)22(18)16-7-3-6-15(11-16)19-13(2)24/h3,6-7,11,14H,4-5,8-10H2,1-2H3,(H,19,24). The van der Waals surface area contributed by atoms with E-state index in [1.165, 1.54) is 6.92 Å². The van der Waals surface area contributed by atoms with Crippen molar-refractivity contribution in [3.05, 3.63) is 30.1 Å². The van der Waals surface area contributed by atoms with Crippen molar-refractivity contribution in [3.8, 4) is 5.69 Å². The molecule has 2 aromatic rings. The summed E-state index contributed by atoms with van der Waals surface area (Å²) in [7, 11) is 0. The van der Waals surface area contributed by atoms with Crippen molar-refractivity contribution in [1.82, 2.24) is 14.8 Å². The maximum Gasteiger partial charge on any atom is 0.221 e. The van der Waals surface area contributed by atoms with Gasteiger partial charge in [-0.05, 0) is 44.4 Å². The highest BCUT2D eigenvalue weighted by Crippen LogP contribution is 2.41. The normalized spacial score (nSPS) is 13.7. The summed E-state index contributed by atoms with van der Waals surface area (Å²) < 4.78 is 2.08. The molecule has 132 valence electrons. The van der Waals surface area contributed by atoms with E-state index >= 15 is 0 Å². The van der Waals surface area contributed by atoms with E-state index in [9.17, 15) is 9.59 Å². The van der Waals surface area contributed by atoms with E-state index < -0.39 is 0 Å². The number of thioether (sulfide) groups is 1. The van der Waals surface area contributed by atoms with Crippen LogP contribution in [0.2, 0.25) is 0 Å². The van der Waals surface area contributed by atoms with Gasteiger partial charge in [-0.3, -0.25) is 9.36 Å². The maximum atomic E-state index is 11.3. The first-order valence-electron chi connectivity index (χ1n) is 8.50. The molecule has 25 heavy (non-hydrogen) atoms. The second-order valence-corrected chi connectivity index (χ2v) is 7.40. The number of hydrogen-bond acceptors (Lipinski definition) is 5. The zero-order chi connectivity index (χ0) is 17.8. The number of aromatic nitrogens is 3. The van der Waals surface area contributed by atoms with Crippen molar-refractivity contribution in [2.45, 2.75) is 50.6 Å². The molecule has 1 N–H and O–H groups in total. The number of carbonyl (C=O) groups is 2. The molecule has 6 nitrogen and oxygen atoms in total. The summed E-state index contributed by atoms with van der Waals surface area (Å²) in [4.78, 5) is 22.4.